The molecule has 0 radical (unpaired) electrons. The molecular formula is C43H49N2O8PSi. The number of β-lactam (4-membered cyclic amide) rings is 1. The van der Waals surface area contributed by atoms with E-state index in [9.17, 15) is 14.9 Å². The number of hydrogen-bond donors (Lipinski definition) is 0. The summed E-state index contributed by atoms with van der Waals surface area (Å²) in [5, 5.41) is 13.6. The van der Waals surface area contributed by atoms with Crippen molar-refractivity contribution in [2.24, 2.45) is 5.92 Å². The van der Waals surface area contributed by atoms with Gasteiger partial charge >= 0.3 is 5.97 Å². The predicted octanol–water partition coefficient (Wildman–Crippen LogP) is 7.12. The van der Waals surface area contributed by atoms with Gasteiger partial charge in [-0.05, 0) is 58.7 Å². The van der Waals surface area contributed by atoms with Crippen LogP contribution >= 0.6 is 6.89 Å². The number of ether oxygens (including phenoxy) is 2. The van der Waals surface area contributed by atoms with Gasteiger partial charge in [-0.1, -0.05) is 112 Å². The first kappa shape index (κ1) is 41.1. The number of allylic oxidation sites excluding steroid dienone is 1. The van der Waals surface area contributed by atoms with Crippen molar-refractivity contribution in [1.29, 1.82) is 0 Å². The molecule has 1 amide bonds. The first-order valence-electron chi connectivity index (χ1n) is 18.2. The van der Waals surface area contributed by atoms with Crippen molar-refractivity contribution in [3.63, 3.8) is 0 Å². The molecule has 0 saturated carbocycles. The predicted molar refractivity (Wildman–Crippen MR) is 221 cm³/mol. The van der Waals surface area contributed by atoms with Crippen LogP contribution in [0.2, 0.25) is 18.1 Å². The van der Waals surface area contributed by atoms with Gasteiger partial charge in [0.1, 0.15) is 12.0 Å². The first-order chi connectivity index (χ1) is 26.1. The number of ketones is 1. The van der Waals surface area contributed by atoms with E-state index in [2.05, 4.69) is 33.9 Å². The van der Waals surface area contributed by atoms with E-state index in [1.165, 1.54) is 48.6 Å². The quantitative estimate of drug-likeness (QED) is 0.0183. The maximum atomic E-state index is 15.2. The van der Waals surface area contributed by atoms with E-state index in [1.54, 1.807) is 0 Å². The maximum Gasteiger partial charge on any atom is 0.356 e. The number of nitro groups is 1. The number of benzene rings is 4. The number of amides is 1. The Kier molecular flexibility index (Phi) is 12.8. The largest absolute Gasteiger partial charge is 0.504 e. The van der Waals surface area contributed by atoms with Crippen LogP contribution in [-0.4, -0.2) is 60.5 Å². The minimum Gasteiger partial charge on any atom is -0.504 e. The summed E-state index contributed by atoms with van der Waals surface area (Å²) in [6.45, 7) is 9.01. The summed E-state index contributed by atoms with van der Waals surface area (Å²) in [6, 6.07) is 33.9. The molecule has 5 rings (SSSR count). The lowest BCUT2D eigenvalue weighted by Gasteiger charge is -2.52. The molecule has 1 fully saturated rings. The molecule has 0 N–H and O–H groups in total. The third-order valence-electron chi connectivity index (χ3n) is 10.5. The summed E-state index contributed by atoms with van der Waals surface area (Å²) in [4.78, 5) is 56.2. The third kappa shape index (κ3) is 8.59. The van der Waals surface area contributed by atoms with Crippen molar-refractivity contribution >= 4 is 59.9 Å². The van der Waals surface area contributed by atoms with Crippen LogP contribution in [0.15, 0.2) is 128 Å². The summed E-state index contributed by atoms with van der Waals surface area (Å²) >= 11 is 0. The Hall–Kier alpha value is -5.09. The fourth-order valence-corrected chi connectivity index (χ4v) is 12.6. The second kappa shape index (κ2) is 17.1. The lowest BCUT2D eigenvalue weighted by atomic mass is 9.80. The van der Waals surface area contributed by atoms with Gasteiger partial charge in [0.05, 0.1) is 36.4 Å². The smallest absolute Gasteiger partial charge is 0.356 e. The van der Waals surface area contributed by atoms with Crippen molar-refractivity contribution in [3.8, 4) is 0 Å². The highest BCUT2D eigenvalue weighted by molar-refractivity contribution is 7.96. The Balaban J connectivity index is 1.81. The van der Waals surface area contributed by atoms with E-state index in [0.717, 1.165) is 15.9 Å². The lowest BCUT2D eigenvalue weighted by Crippen LogP contribution is -2.69. The van der Waals surface area contributed by atoms with Gasteiger partial charge in [0.15, 0.2) is 14.1 Å². The van der Waals surface area contributed by atoms with Gasteiger partial charge in [-0.3, -0.25) is 19.7 Å². The fourth-order valence-electron chi connectivity index (χ4n) is 6.79. The van der Waals surface area contributed by atoms with Crippen LogP contribution in [0.5, 0.6) is 0 Å². The number of hydrogen-bond acceptors (Lipinski definition) is 8. The van der Waals surface area contributed by atoms with Gasteiger partial charge < -0.3 is 18.8 Å². The lowest BCUT2D eigenvalue weighted by molar-refractivity contribution is -0.384. The Morgan fingerprint density at radius 1 is 0.873 bits per heavy atom. The number of rotatable bonds is 15. The zero-order valence-corrected chi connectivity index (χ0v) is 34.3. The number of likely N-dealkylation sites (tertiary alicyclic amines) is 1. The molecule has 12 heteroatoms. The van der Waals surface area contributed by atoms with E-state index in [-0.39, 0.29) is 40.9 Å². The zero-order valence-electron chi connectivity index (χ0n) is 32.4. The third-order valence-corrected chi connectivity index (χ3v) is 19.4. The summed E-state index contributed by atoms with van der Waals surface area (Å²) < 4.78 is 18.0. The zero-order chi connectivity index (χ0) is 40.0. The maximum absolute atomic E-state index is 15.2. The summed E-state index contributed by atoms with van der Waals surface area (Å²) in [5.41, 5.74) is 0.570. The van der Waals surface area contributed by atoms with Gasteiger partial charge in [0, 0.05) is 31.5 Å². The number of methoxy groups -OCH3 is 1. The van der Waals surface area contributed by atoms with Crippen LogP contribution in [0.3, 0.4) is 0 Å². The molecule has 0 spiro atoms. The van der Waals surface area contributed by atoms with Crippen molar-refractivity contribution in [2.75, 3.05) is 7.11 Å². The van der Waals surface area contributed by atoms with E-state index in [1.807, 2.05) is 97.9 Å². The van der Waals surface area contributed by atoms with Crippen molar-refractivity contribution in [1.82, 2.24) is 4.90 Å². The average Bonchev–Trinajstić information content (AvgIpc) is 3.16. The van der Waals surface area contributed by atoms with Crippen LogP contribution < -0.4 is 15.9 Å². The minimum atomic E-state index is -3.27. The molecule has 0 aromatic heterocycles. The van der Waals surface area contributed by atoms with Crippen LogP contribution in [-0.2, 0) is 34.9 Å². The Morgan fingerprint density at radius 2 is 1.36 bits per heavy atom. The molecule has 3 atom stereocenters. The van der Waals surface area contributed by atoms with Gasteiger partial charge in [0.2, 0.25) is 5.91 Å². The Morgan fingerprint density at radius 3 is 1.80 bits per heavy atom. The van der Waals surface area contributed by atoms with Crippen molar-refractivity contribution < 1.29 is 33.2 Å². The summed E-state index contributed by atoms with van der Waals surface area (Å²) in [6.07, 6.45) is 1.97. The molecule has 4 aromatic rings. The molecule has 0 bridgehead atoms. The summed E-state index contributed by atoms with van der Waals surface area (Å²) in [5.74, 6) is -2.10. The van der Waals surface area contributed by atoms with E-state index < -0.39 is 44.2 Å². The molecule has 1 aliphatic heterocycles. The Bertz CT molecular complexity index is 1980. The molecule has 1 heterocycles. The highest BCUT2D eigenvalue weighted by atomic mass is 31.2. The van der Waals surface area contributed by atoms with Gasteiger partial charge in [-0.25, -0.2) is 4.79 Å². The van der Waals surface area contributed by atoms with Crippen molar-refractivity contribution in [2.45, 2.75) is 71.0 Å². The fraction of sp³-hybridized carbons (Fsp3) is 0.302. The second-order valence-corrected chi connectivity index (χ2v) is 23.2. The van der Waals surface area contributed by atoms with Gasteiger partial charge in [0.25, 0.3) is 5.69 Å². The van der Waals surface area contributed by atoms with Crippen LogP contribution in [0.4, 0.5) is 5.69 Å². The normalized spacial score (nSPS) is 16.6. The SMILES string of the molecule is CO/C=C\C(=O)C[C@@H]1[C@@H]([C@@H](C)O[Si](C)(C)C(C)(C)C)C(=O)N1C(C(=O)OCc1ccc([N+](=O)[O-])cc1)=P(c1ccccc1)(c1ccccc1)c1ccccc1. The minimum absolute atomic E-state index is 0.0919. The van der Waals surface area contributed by atoms with E-state index in [4.69, 9.17) is 13.9 Å². The first-order valence-corrected chi connectivity index (χ1v) is 22.9. The molecule has 10 nitrogen and oxygen atoms in total. The summed E-state index contributed by atoms with van der Waals surface area (Å²) in [7, 11) is -0.933. The molecule has 1 aliphatic rings. The van der Waals surface area contributed by atoms with Crippen LogP contribution in [0, 0.1) is 16.0 Å². The molecule has 0 unspecified atom stereocenters. The number of nitrogens with zero attached hydrogens (tertiary/aromatic N) is 2. The number of nitro benzene ring substituents is 1. The van der Waals surface area contributed by atoms with Gasteiger partial charge in [-0.15, -0.1) is 0 Å². The highest BCUT2D eigenvalue weighted by Crippen LogP contribution is 2.50. The molecule has 0 aliphatic carbocycles. The second-order valence-electron chi connectivity index (χ2n) is 15.1. The number of carbonyl (C=O) groups is 3. The van der Waals surface area contributed by atoms with E-state index >= 15 is 9.59 Å². The van der Waals surface area contributed by atoms with Crippen LogP contribution in [0.25, 0.3) is 0 Å². The average molecular weight is 781 g/mol. The number of carbonyl (C=O) groups excluding carboxylic acids is 3. The monoisotopic (exact) mass is 780 g/mol. The van der Waals surface area contributed by atoms with E-state index in [0.29, 0.717) is 5.56 Å². The Labute approximate surface area is 324 Å². The van der Waals surface area contributed by atoms with Gasteiger partial charge in [-0.2, -0.15) is 0 Å². The molecule has 55 heavy (non-hydrogen) atoms. The number of esters is 1. The molecule has 1 saturated heterocycles. The molecule has 288 valence electrons. The van der Waals surface area contributed by atoms with Crippen molar-refractivity contribution in [3.05, 3.63) is 143 Å². The molecule has 4 aromatic carbocycles. The van der Waals surface area contributed by atoms with Crippen LogP contribution in [0.1, 0.15) is 39.7 Å². The highest BCUT2D eigenvalue weighted by Gasteiger charge is 2.57. The standard InChI is InChI=1S/C43H49N2O8PSi/c1-31(53-55(6,7)43(2,3)4)39-38(29-34(46)27-28-51-5)44(40(39)47)41(42(48)52-30-32-23-25-33(26-24-32)45(49)50)54(35-17-11-8-12-18-35,36-19-13-9-14-20-36)37-21-15-10-16-22-37/h8-28,31,38-39H,29-30H2,1-7H3/b28-27-/t31-,38-,39-/m1/s1. The topological polar surface area (TPSA) is 125 Å². The number of non-ortho nitro benzene ring substituents is 1. The molecular weight excluding hydrogens is 732 g/mol.